The van der Waals surface area contributed by atoms with Crippen LogP contribution in [0.25, 0.3) is 11.3 Å². The highest BCUT2D eigenvalue weighted by Gasteiger charge is 2.47. The predicted octanol–water partition coefficient (Wildman–Crippen LogP) is 7.99. The Morgan fingerprint density at radius 1 is 0.672 bits per heavy atom. The van der Waals surface area contributed by atoms with Gasteiger partial charge in [0.1, 0.15) is 0 Å². The van der Waals surface area contributed by atoms with Crippen molar-refractivity contribution in [3.63, 3.8) is 0 Å². The van der Waals surface area contributed by atoms with Crippen LogP contribution >= 0.6 is 0 Å². The van der Waals surface area contributed by atoms with Crippen LogP contribution in [0.3, 0.4) is 0 Å². The molecule has 2 saturated carbocycles. The lowest BCUT2D eigenvalue weighted by Gasteiger charge is -2.22. The van der Waals surface area contributed by atoms with Gasteiger partial charge in [-0.3, -0.25) is 10.6 Å². The highest BCUT2D eigenvalue weighted by Crippen LogP contribution is 2.51. The van der Waals surface area contributed by atoms with Crippen LogP contribution in [0.1, 0.15) is 86.4 Å². The van der Waals surface area contributed by atoms with Crippen molar-refractivity contribution in [3.05, 3.63) is 94.1 Å². The number of hydrogen-bond acceptors (Lipinski definition) is 8. The maximum atomic E-state index is 14.7. The van der Waals surface area contributed by atoms with Gasteiger partial charge in [-0.15, -0.1) is 0 Å². The van der Waals surface area contributed by atoms with E-state index in [0.717, 1.165) is 18.3 Å². The molecule has 2 aromatic carbocycles. The summed E-state index contributed by atoms with van der Waals surface area (Å²) < 4.78 is 85.0. The third-order valence-corrected chi connectivity index (χ3v) is 12.4. The largest absolute Gasteiger partial charge is 0.477 e. The Labute approximate surface area is 343 Å². The van der Waals surface area contributed by atoms with Crippen LogP contribution in [0.5, 0.6) is 0 Å². The number of carbonyl (C=O) groups is 4. The number of halogens is 6. The van der Waals surface area contributed by atoms with Crippen LogP contribution in [0.4, 0.5) is 47.7 Å². The predicted molar refractivity (Wildman–Crippen MR) is 204 cm³/mol. The number of likely N-dealkylation sites (tertiary alicyclic amines) is 2. The van der Waals surface area contributed by atoms with E-state index in [1.807, 2.05) is 0 Å². The normalized spacial score (nSPS) is 23.5. The lowest BCUT2D eigenvalue weighted by Crippen LogP contribution is -2.34. The first-order valence-corrected chi connectivity index (χ1v) is 19.5. The van der Waals surface area contributed by atoms with Gasteiger partial charge in [0.15, 0.2) is 17.2 Å². The highest BCUT2D eigenvalue weighted by molar-refractivity contribution is 5.97. The van der Waals surface area contributed by atoms with Gasteiger partial charge in [0.25, 0.3) is 0 Å². The van der Waals surface area contributed by atoms with E-state index in [9.17, 15) is 55.7 Å². The summed E-state index contributed by atoms with van der Waals surface area (Å²) >= 11 is 0. The maximum Gasteiger partial charge on any atom is 0.416 e. The van der Waals surface area contributed by atoms with Crippen LogP contribution in [0.15, 0.2) is 54.7 Å². The zero-order chi connectivity index (χ0) is 43.5. The van der Waals surface area contributed by atoms with Crippen molar-refractivity contribution < 1.29 is 55.7 Å². The molecule has 0 bridgehead atoms. The summed E-state index contributed by atoms with van der Waals surface area (Å²) in [5, 5.41) is 24.2. The smallest absolute Gasteiger partial charge is 0.416 e. The number of aromatic carboxylic acids is 2. The summed E-state index contributed by atoms with van der Waals surface area (Å²) in [7, 11) is 0. The van der Waals surface area contributed by atoms with Crippen LogP contribution in [-0.4, -0.2) is 90.1 Å². The number of nitrogens with one attached hydrogen (secondary N) is 2. The first-order valence-electron chi connectivity index (χ1n) is 19.5. The SMILES string of the molecule is Cc1cc(C(=O)O)nc(NC(=O)N2C[C@H]3C[C@@H](c4ccc(-c5cnc(NC(=O)N6C[C@H]7C[C@@H](c8ccccc8C(F)(F)F)C[C@H]7C6)c(C(=O)O)n5)cc4C(F)(F)F)C[C@H]3C2)n1. The molecule has 14 nitrogen and oxygen atoms in total. The Hall–Kier alpha value is -6.34. The Kier molecular flexibility index (Phi) is 10.6. The summed E-state index contributed by atoms with van der Waals surface area (Å²) in [6.45, 7) is 2.55. The Balaban J connectivity index is 0.921. The fourth-order valence-electron chi connectivity index (χ4n) is 9.73. The summed E-state index contributed by atoms with van der Waals surface area (Å²) in [5.41, 5.74) is -2.18. The van der Waals surface area contributed by atoms with E-state index >= 15 is 0 Å². The van der Waals surface area contributed by atoms with Crippen molar-refractivity contribution >= 4 is 35.8 Å². The molecule has 6 atom stereocenters. The summed E-state index contributed by atoms with van der Waals surface area (Å²) in [6, 6.07) is 9.14. The molecule has 61 heavy (non-hydrogen) atoms. The molecule has 8 rings (SSSR count). The molecule has 320 valence electrons. The number of benzene rings is 2. The molecular formula is C41H38F6N8O6. The van der Waals surface area contributed by atoms with E-state index in [-0.39, 0.29) is 89.8 Å². The molecule has 2 aliphatic heterocycles. The lowest BCUT2D eigenvalue weighted by atomic mass is 9.89. The van der Waals surface area contributed by atoms with E-state index in [2.05, 4.69) is 30.6 Å². The third-order valence-electron chi connectivity index (χ3n) is 12.4. The van der Waals surface area contributed by atoms with Gasteiger partial charge in [0, 0.05) is 37.4 Å². The van der Waals surface area contributed by atoms with Gasteiger partial charge in [-0.05, 0) is 97.4 Å². The number of amides is 4. The third kappa shape index (κ3) is 8.39. The van der Waals surface area contributed by atoms with Crippen molar-refractivity contribution in [3.8, 4) is 11.3 Å². The zero-order valence-corrected chi connectivity index (χ0v) is 32.3. The maximum absolute atomic E-state index is 14.7. The molecule has 4 aliphatic rings. The van der Waals surface area contributed by atoms with Gasteiger partial charge in [0.05, 0.1) is 23.0 Å². The number of alkyl halides is 6. The zero-order valence-electron chi connectivity index (χ0n) is 32.3. The standard InChI is InChI=1S/C41H38F6N8O6/c1-19-8-31(35(56)57)51-37(49-19)53-39(61)55-17-25-11-22(12-26(25)18-55)28-7-6-20(13-30(28)41(45,46)47)32-14-48-34(33(50-32)36(58)59)52-38(60)54-15-23-9-21(10-24(23)16-54)27-4-2-3-5-29(27)40(42,43)44/h2-8,13-14,21-26H,9-12,15-18H2,1H3,(H,56,57)(H,58,59)(H,48,52,60)(H,49,51,53,61)/t21-,22-,23-,24+,25-,26+. The van der Waals surface area contributed by atoms with Crippen molar-refractivity contribution in [2.45, 2.75) is 56.8 Å². The van der Waals surface area contributed by atoms with Gasteiger partial charge in [-0.25, -0.2) is 39.1 Å². The highest BCUT2D eigenvalue weighted by atomic mass is 19.4. The van der Waals surface area contributed by atoms with Crippen molar-refractivity contribution in [2.75, 3.05) is 36.8 Å². The number of hydrogen-bond donors (Lipinski definition) is 4. The fourth-order valence-corrected chi connectivity index (χ4v) is 9.73. The van der Waals surface area contributed by atoms with E-state index in [4.69, 9.17) is 0 Å². The van der Waals surface area contributed by atoms with E-state index < -0.39 is 64.9 Å². The van der Waals surface area contributed by atoms with E-state index in [0.29, 0.717) is 31.4 Å². The van der Waals surface area contributed by atoms with Gasteiger partial charge < -0.3 is 20.0 Å². The molecule has 4 aromatic rings. The molecule has 4 fully saturated rings. The van der Waals surface area contributed by atoms with Crippen LogP contribution in [0, 0.1) is 30.6 Å². The quantitative estimate of drug-likeness (QED) is 0.133. The van der Waals surface area contributed by atoms with E-state index in [1.165, 1.54) is 40.1 Å². The number of anilines is 2. The topological polar surface area (TPSA) is 191 Å². The van der Waals surface area contributed by atoms with Crippen LogP contribution in [-0.2, 0) is 12.4 Å². The second-order valence-corrected chi connectivity index (χ2v) is 16.2. The van der Waals surface area contributed by atoms with Gasteiger partial charge in [-0.1, -0.05) is 30.3 Å². The number of fused-ring (bicyclic) bond motifs is 2. The van der Waals surface area contributed by atoms with Gasteiger partial charge in [0.2, 0.25) is 5.95 Å². The summed E-state index contributed by atoms with van der Waals surface area (Å²) in [6.07, 6.45) is -6.59. The second-order valence-electron chi connectivity index (χ2n) is 16.2. The molecule has 4 heterocycles. The average molecular weight is 853 g/mol. The lowest BCUT2D eigenvalue weighted by molar-refractivity contribution is -0.139. The van der Waals surface area contributed by atoms with Crippen LogP contribution in [0.2, 0.25) is 0 Å². The molecule has 0 unspecified atom stereocenters. The van der Waals surface area contributed by atoms with E-state index in [1.54, 1.807) is 13.0 Å². The molecule has 20 heteroatoms. The minimum Gasteiger partial charge on any atom is -0.477 e. The fraction of sp³-hybridized carbons (Fsp3) is 0.415. The summed E-state index contributed by atoms with van der Waals surface area (Å²) in [5.74, 6) is -4.63. The molecular weight excluding hydrogens is 814 g/mol. The number of aromatic nitrogens is 4. The molecule has 4 N–H and O–H groups in total. The first-order chi connectivity index (χ1) is 28.8. The number of urea groups is 2. The average Bonchev–Trinajstić information content (AvgIpc) is 3.98. The minimum absolute atomic E-state index is 0.0524. The number of rotatable bonds is 7. The van der Waals surface area contributed by atoms with Gasteiger partial charge in [-0.2, -0.15) is 26.3 Å². The Morgan fingerprint density at radius 3 is 1.75 bits per heavy atom. The molecule has 2 aliphatic carbocycles. The van der Waals surface area contributed by atoms with Crippen molar-refractivity contribution in [1.29, 1.82) is 0 Å². The van der Waals surface area contributed by atoms with Gasteiger partial charge >= 0.3 is 36.4 Å². The molecule has 0 spiro atoms. The number of aryl methyl sites for hydroxylation is 1. The second kappa shape index (κ2) is 15.6. The number of nitrogens with zero attached hydrogens (tertiary/aromatic N) is 6. The molecule has 4 amide bonds. The summed E-state index contributed by atoms with van der Waals surface area (Å²) in [4.78, 5) is 69.0. The number of carboxylic acid groups (broad SMARTS) is 2. The number of carboxylic acids is 2. The molecule has 2 aromatic heterocycles. The van der Waals surface area contributed by atoms with Crippen LogP contribution < -0.4 is 10.6 Å². The monoisotopic (exact) mass is 852 g/mol. The first kappa shape index (κ1) is 41.4. The molecule has 2 saturated heterocycles. The Bertz CT molecular complexity index is 2400. The van der Waals surface area contributed by atoms with Crippen molar-refractivity contribution in [2.24, 2.45) is 23.7 Å². The minimum atomic E-state index is -4.79. The van der Waals surface area contributed by atoms with Crippen molar-refractivity contribution in [1.82, 2.24) is 29.7 Å². The Morgan fingerprint density at radius 2 is 1.21 bits per heavy atom. The number of carbonyl (C=O) groups excluding carboxylic acids is 2. The molecule has 0 radical (unpaired) electrons.